The van der Waals surface area contributed by atoms with Crippen molar-refractivity contribution in [1.29, 1.82) is 0 Å². The van der Waals surface area contributed by atoms with Crippen LogP contribution < -0.4 is 10.6 Å². The zero-order chi connectivity index (χ0) is 15.9. The molecule has 7 nitrogen and oxygen atoms in total. The summed E-state index contributed by atoms with van der Waals surface area (Å²) >= 11 is 1.52. The molecule has 0 saturated carbocycles. The third kappa shape index (κ3) is 4.81. The molecule has 22 heavy (non-hydrogen) atoms. The number of carbonyl (C=O) groups excluding carboxylic acids is 1. The zero-order valence-electron chi connectivity index (χ0n) is 12.0. The van der Waals surface area contributed by atoms with E-state index in [0.717, 1.165) is 16.4 Å². The van der Waals surface area contributed by atoms with Crippen molar-refractivity contribution in [3.63, 3.8) is 0 Å². The highest BCUT2D eigenvalue weighted by molar-refractivity contribution is 7.09. The Morgan fingerprint density at radius 2 is 2.05 bits per heavy atom. The third-order valence-electron chi connectivity index (χ3n) is 2.86. The number of anilines is 1. The number of hydrogen-bond acceptors (Lipinski definition) is 6. The standard InChI is InChI=1S/C14H16N4O3S/c1-10-17-12(9-22-10)8-14(19)16-7-6-15-11-2-4-13(5-3-11)18(20)21/h2-5,9,15H,6-8H2,1H3,(H,16,19). The number of nitro benzene ring substituents is 1. The van der Waals surface area contributed by atoms with Crippen LogP contribution in [0.3, 0.4) is 0 Å². The van der Waals surface area contributed by atoms with Crippen LogP contribution in [0.5, 0.6) is 0 Å². The Bertz CT molecular complexity index is 654. The van der Waals surface area contributed by atoms with Gasteiger partial charge in [0.1, 0.15) is 0 Å². The number of non-ortho nitro benzene ring substituents is 1. The van der Waals surface area contributed by atoms with Gasteiger partial charge in [-0.1, -0.05) is 0 Å². The molecule has 0 aliphatic rings. The lowest BCUT2D eigenvalue weighted by atomic mass is 10.3. The highest BCUT2D eigenvalue weighted by atomic mass is 32.1. The predicted molar refractivity (Wildman–Crippen MR) is 85.2 cm³/mol. The van der Waals surface area contributed by atoms with Crippen molar-refractivity contribution in [3.05, 3.63) is 50.5 Å². The summed E-state index contributed by atoms with van der Waals surface area (Å²) in [4.78, 5) is 26.0. The van der Waals surface area contributed by atoms with E-state index in [9.17, 15) is 14.9 Å². The molecule has 1 aromatic heterocycles. The first kappa shape index (κ1) is 15.9. The second-order valence-electron chi connectivity index (χ2n) is 4.62. The summed E-state index contributed by atoms with van der Waals surface area (Å²) in [6.07, 6.45) is 0.280. The van der Waals surface area contributed by atoms with Gasteiger partial charge in [-0.2, -0.15) is 0 Å². The molecule has 0 fully saturated rings. The minimum absolute atomic E-state index is 0.0532. The van der Waals surface area contributed by atoms with Gasteiger partial charge in [0.25, 0.3) is 5.69 Å². The van der Waals surface area contributed by atoms with Crippen LogP contribution in [0.2, 0.25) is 0 Å². The van der Waals surface area contributed by atoms with Crippen molar-refractivity contribution < 1.29 is 9.72 Å². The third-order valence-corrected chi connectivity index (χ3v) is 3.68. The second-order valence-corrected chi connectivity index (χ2v) is 5.68. The van der Waals surface area contributed by atoms with Crippen LogP contribution in [-0.2, 0) is 11.2 Å². The largest absolute Gasteiger partial charge is 0.383 e. The van der Waals surface area contributed by atoms with Gasteiger partial charge in [0.2, 0.25) is 5.91 Å². The number of hydrogen-bond donors (Lipinski definition) is 2. The average Bonchev–Trinajstić information content (AvgIpc) is 2.89. The number of nitro groups is 1. The summed E-state index contributed by atoms with van der Waals surface area (Å²) in [6, 6.07) is 6.15. The molecule has 2 N–H and O–H groups in total. The van der Waals surface area contributed by atoms with E-state index in [-0.39, 0.29) is 18.0 Å². The lowest BCUT2D eigenvalue weighted by Gasteiger charge is -2.07. The number of nitrogens with zero attached hydrogens (tertiary/aromatic N) is 2. The monoisotopic (exact) mass is 320 g/mol. The molecule has 0 bridgehead atoms. The van der Waals surface area contributed by atoms with Crippen molar-refractivity contribution in [1.82, 2.24) is 10.3 Å². The molecule has 116 valence electrons. The van der Waals surface area contributed by atoms with Crippen LogP contribution in [0.1, 0.15) is 10.7 Å². The highest BCUT2D eigenvalue weighted by Gasteiger charge is 2.06. The number of rotatable bonds is 7. The molecule has 0 spiro atoms. The molecule has 1 amide bonds. The molecule has 0 aliphatic heterocycles. The molecule has 0 saturated heterocycles. The fraction of sp³-hybridized carbons (Fsp3) is 0.286. The van der Waals surface area contributed by atoms with Gasteiger partial charge in [-0.15, -0.1) is 11.3 Å². The van der Waals surface area contributed by atoms with Crippen molar-refractivity contribution >= 4 is 28.6 Å². The van der Waals surface area contributed by atoms with E-state index in [2.05, 4.69) is 15.6 Å². The Morgan fingerprint density at radius 1 is 1.32 bits per heavy atom. The van der Waals surface area contributed by atoms with Crippen LogP contribution >= 0.6 is 11.3 Å². The summed E-state index contributed by atoms with van der Waals surface area (Å²) in [7, 11) is 0. The van der Waals surface area contributed by atoms with Crippen LogP contribution in [0.15, 0.2) is 29.6 Å². The number of aryl methyl sites for hydroxylation is 1. The summed E-state index contributed by atoms with van der Waals surface area (Å²) in [6.45, 7) is 2.92. The molecule has 0 unspecified atom stereocenters. The highest BCUT2D eigenvalue weighted by Crippen LogP contribution is 2.14. The van der Waals surface area contributed by atoms with Crippen LogP contribution in [0.25, 0.3) is 0 Å². The van der Waals surface area contributed by atoms with E-state index >= 15 is 0 Å². The first-order valence-electron chi connectivity index (χ1n) is 6.70. The number of carbonyl (C=O) groups is 1. The lowest BCUT2D eigenvalue weighted by Crippen LogP contribution is -2.30. The maximum absolute atomic E-state index is 11.7. The molecule has 2 aromatic rings. The minimum Gasteiger partial charge on any atom is -0.383 e. The molecule has 1 heterocycles. The van der Waals surface area contributed by atoms with Gasteiger partial charge in [-0.25, -0.2) is 4.98 Å². The van der Waals surface area contributed by atoms with E-state index in [4.69, 9.17) is 0 Å². The van der Waals surface area contributed by atoms with Crippen LogP contribution in [-0.4, -0.2) is 28.9 Å². The van der Waals surface area contributed by atoms with Gasteiger partial charge in [0, 0.05) is 36.3 Å². The van der Waals surface area contributed by atoms with Gasteiger partial charge < -0.3 is 10.6 Å². The molecular formula is C14H16N4O3S. The molecule has 0 aliphatic carbocycles. The van der Waals surface area contributed by atoms with Crippen molar-refractivity contribution in [2.45, 2.75) is 13.3 Å². The van der Waals surface area contributed by atoms with Crippen molar-refractivity contribution in [3.8, 4) is 0 Å². The van der Waals surface area contributed by atoms with E-state index in [1.54, 1.807) is 12.1 Å². The Hall–Kier alpha value is -2.48. The average molecular weight is 320 g/mol. The maximum Gasteiger partial charge on any atom is 0.269 e. The molecular weight excluding hydrogens is 304 g/mol. The first-order valence-corrected chi connectivity index (χ1v) is 7.58. The quantitative estimate of drug-likeness (QED) is 0.463. The summed E-state index contributed by atoms with van der Waals surface area (Å²) in [5.41, 5.74) is 1.61. The smallest absolute Gasteiger partial charge is 0.269 e. The number of benzene rings is 1. The van der Waals surface area contributed by atoms with Crippen LogP contribution in [0, 0.1) is 17.0 Å². The Kier molecular flexibility index (Phi) is 5.42. The first-order chi connectivity index (χ1) is 10.5. The van der Waals surface area contributed by atoms with E-state index in [1.807, 2.05) is 12.3 Å². The normalized spacial score (nSPS) is 10.2. The summed E-state index contributed by atoms with van der Waals surface area (Å²) < 4.78 is 0. The number of amides is 1. The summed E-state index contributed by atoms with van der Waals surface area (Å²) in [5.74, 6) is -0.0733. The second kappa shape index (κ2) is 7.51. The Labute approximate surface area is 131 Å². The predicted octanol–water partition coefficient (Wildman–Crippen LogP) is 2.13. The molecule has 1 aromatic carbocycles. The SMILES string of the molecule is Cc1nc(CC(=O)NCCNc2ccc([N+](=O)[O-])cc2)cs1. The topological polar surface area (TPSA) is 97.2 Å². The molecule has 0 atom stereocenters. The Morgan fingerprint density at radius 3 is 2.64 bits per heavy atom. The van der Waals surface area contributed by atoms with E-state index in [1.165, 1.54) is 23.5 Å². The molecule has 8 heteroatoms. The lowest BCUT2D eigenvalue weighted by molar-refractivity contribution is -0.384. The zero-order valence-corrected chi connectivity index (χ0v) is 12.9. The van der Waals surface area contributed by atoms with E-state index < -0.39 is 4.92 Å². The van der Waals surface area contributed by atoms with Gasteiger partial charge >= 0.3 is 0 Å². The van der Waals surface area contributed by atoms with Crippen molar-refractivity contribution in [2.24, 2.45) is 0 Å². The van der Waals surface area contributed by atoms with Crippen LogP contribution in [0.4, 0.5) is 11.4 Å². The minimum atomic E-state index is -0.440. The number of thiazole rings is 1. The number of aromatic nitrogens is 1. The Balaban J connectivity index is 1.68. The molecule has 2 rings (SSSR count). The van der Waals surface area contributed by atoms with Gasteiger partial charge in [0.15, 0.2) is 0 Å². The fourth-order valence-electron chi connectivity index (χ4n) is 1.83. The summed E-state index contributed by atoms with van der Waals surface area (Å²) in [5, 5.41) is 19.2. The maximum atomic E-state index is 11.7. The molecule has 0 radical (unpaired) electrons. The fourth-order valence-corrected chi connectivity index (χ4v) is 2.44. The van der Waals surface area contributed by atoms with Crippen molar-refractivity contribution in [2.75, 3.05) is 18.4 Å². The van der Waals surface area contributed by atoms with Gasteiger partial charge in [-0.3, -0.25) is 14.9 Å². The van der Waals surface area contributed by atoms with Gasteiger partial charge in [0.05, 0.1) is 22.0 Å². The number of nitrogens with one attached hydrogen (secondary N) is 2. The van der Waals surface area contributed by atoms with Gasteiger partial charge in [-0.05, 0) is 19.1 Å². The van der Waals surface area contributed by atoms with E-state index in [0.29, 0.717) is 13.1 Å².